The van der Waals surface area contributed by atoms with Crippen LogP contribution in [0.1, 0.15) is 72.6 Å². The van der Waals surface area contributed by atoms with E-state index in [1.165, 1.54) is 19.3 Å². The average molecular weight is 281 g/mol. The van der Waals surface area contributed by atoms with Crippen LogP contribution in [0.15, 0.2) is 0 Å². The first-order valence-corrected chi connectivity index (χ1v) is 8.13. The molecule has 0 spiro atoms. The fourth-order valence-electron chi connectivity index (χ4n) is 4.31. The van der Waals surface area contributed by atoms with E-state index in [0.29, 0.717) is 18.7 Å². The maximum absolute atomic E-state index is 12.8. The summed E-state index contributed by atoms with van der Waals surface area (Å²) in [4.78, 5) is 12.8. The molecule has 1 unspecified atom stereocenters. The molecule has 0 radical (unpaired) electrons. The summed E-state index contributed by atoms with van der Waals surface area (Å²) >= 11 is 0. The molecule has 2 aliphatic rings. The van der Waals surface area contributed by atoms with Gasteiger partial charge >= 0.3 is 0 Å². The van der Waals surface area contributed by atoms with Crippen molar-refractivity contribution in [2.75, 3.05) is 6.54 Å². The second kappa shape index (κ2) is 5.42. The minimum atomic E-state index is -0.342. The van der Waals surface area contributed by atoms with Gasteiger partial charge in [0.25, 0.3) is 0 Å². The Hall–Kier alpha value is -0.410. The molecule has 1 heterocycles. The molecule has 20 heavy (non-hydrogen) atoms. The maximum Gasteiger partial charge on any atom is 0.139 e. The number of hydrogen-bond acceptors (Lipinski definition) is 3. The fraction of sp³-hybridized carbons (Fsp3) is 0.941. The highest BCUT2D eigenvalue weighted by Crippen LogP contribution is 2.46. The lowest BCUT2D eigenvalue weighted by molar-refractivity contribution is -0.132. The predicted molar refractivity (Wildman–Crippen MR) is 81.5 cm³/mol. The number of carbonyl (C=O) groups is 1. The quantitative estimate of drug-likeness (QED) is 0.858. The predicted octanol–water partition coefficient (Wildman–Crippen LogP) is 3.45. The van der Waals surface area contributed by atoms with E-state index in [4.69, 9.17) is 10.5 Å². The van der Waals surface area contributed by atoms with Crippen LogP contribution in [0.3, 0.4) is 0 Å². The summed E-state index contributed by atoms with van der Waals surface area (Å²) in [6.07, 6.45) is 7.46. The van der Waals surface area contributed by atoms with Crippen molar-refractivity contribution < 1.29 is 9.53 Å². The molecule has 0 aromatic carbocycles. The minimum absolute atomic E-state index is 0.0165. The number of Topliss-reactive ketones (excluding diaryl/α,β-unsaturated/α-hetero) is 1. The van der Waals surface area contributed by atoms with Crippen LogP contribution < -0.4 is 5.73 Å². The van der Waals surface area contributed by atoms with Gasteiger partial charge in [0.1, 0.15) is 5.78 Å². The number of nitrogens with two attached hydrogens (primary N) is 1. The SMILES string of the molecule is CC1(C)CC(C(=O)CC2(CN)CCCCC2)C(C)(C)O1. The van der Waals surface area contributed by atoms with Crippen molar-refractivity contribution in [1.29, 1.82) is 0 Å². The summed E-state index contributed by atoms with van der Waals surface area (Å²) in [5, 5.41) is 0. The molecule has 1 aliphatic heterocycles. The zero-order valence-corrected chi connectivity index (χ0v) is 13.6. The number of hydrogen-bond donors (Lipinski definition) is 1. The van der Waals surface area contributed by atoms with E-state index >= 15 is 0 Å². The van der Waals surface area contributed by atoms with E-state index < -0.39 is 0 Å². The van der Waals surface area contributed by atoms with Crippen molar-refractivity contribution in [3.8, 4) is 0 Å². The molecule has 2 rings (SSSR count). The molecule has 1 saturated heterocycles. The van der Waals surface area contributed by atoms with Crippen LogP contribution in [0.2, 0.25) is 0 Å². The van der Waals surface area contributed by atoms with Crippen LogP contribution in [0.4, 0.5) is 0 Å². The summed E-state index contributed by atoms with van der Waals surface area (Å²) in [5.41, 5.74) is 5.56. The van der Waals surface area contributed by atoms with Crippen LogP contribution in [0.5, 0.6) is 0 Å². The average Bonchev–Trinajstić information content (AvgIpc) is 2.58. The molecule has 3 heteroatoms. The Morgan fingerprint density at radius 2 is 1.75 bits per heavy atom. The molecule has 1 aliphatic carbocycles. The molecular formula is C17H31NO2. The summed E-state index contributed by atoms with van der Waals surface area (Å²) < 4.78 is 6.07. The lowest BCUT2D eigenvalue weighted by Gasteiger charge is -2.37. The Bertz CT molecular complexity index is 367. The second-order valence-corrected chi connectivity index (χ2v) is 8.13. The zero-order valence-electron chi connectivity index (χ0n) is 13.6. The minimum Gasteiger partial charge on any atom is -0.369 e. The van der Waals surface area contributed by atoms with Crippen LogP contribution in [0, 0.1) is 11.3 Å². The van der Waals surface area contributed by atoms with Crippen molar-refractivity contribution in [1.82, 2.24) is 0 Å². The smallest absolute Gasteiger partial charge is 0.139 e. The zero-order chi connectivity index (χ0) is 15.0. The molecular weight excluding hydrogens is 250 g/mol. The Labute approximate surface area is 123 Å². The van der Waals surface area contributed by atoms with Gasteiger partial charge in [-0.3, -0.25) is 4.79 Å². The molecule has 116 valence electrons. The molecule has 0 aromatic rings. The van der Waals surface area contributed by atoms with Gasteiger partial charge in [0.15, 0.2) is 0 Å². The van der Waals surface area contributed by atoms with Gasteiger partial charge in [0.05, 0.1) is 11.2 Å². The van der Waals surface area contributed by atoms with Gasteiger partial charge < -0.3 is 10.5 Å². The molecule has 0 amide bonds. The highest BCUT2D eigenvalue weighted by atomic mass is 16.5. The van der Waals surface area contributed by atoms with Crippen molar-refractivity contribution in [2.24, 2.45) is 17.1 Å². The monoisotopic (exact) mass is 281 g/mol. The Balaban J connectivity index is 2.07. The molecule has 2 N–H and O–H groups in total. The highest BCUT2D eigenvalue weighted by molar-refractivity contribution is 5.83. The summed E-state index contributed by atoms with van der Waals surface area (Å²) in [6, 6.07) is 0. The van der Waals surface area contributed by atoms with Gasteiger partial charge in [0.2, 0.25) is 0 Å². The number of carbonyl (C=O) groups excluding carboxylic acids is 1. The molecule has 2 fully saturated rings. The number of rotatable bonds is 4. The Kier molecular flexibility index (Phi) is 4.32. The molecule has 1 saturated carbocycles. The van der Waals surface area contributed by atoms with Crippen LogP contribution in [-0.2, 0) is 9.53 Å². The van der Waals surface area contributed by atoms with E-state index in [-0.39, 0.29) is 22.5 Å². The van der Waals surface area contributed by atoms with Gasteiger partial charge in [-0.25, -0.2) is 0 Å². The normalized spacial score (nSPS) is 31.1. The highest BCUT2D eigenvalue weighted by Gasteiger charge is 2.50. The molecule has 1 atom stereocenters. The molecule has 0 bridgehead atoms. The van der Waals surface area contributed by atoms with Crippen LogP contribution >= 0.6 is 0 Å². The standard InChI is InChI=1S/C17H31NO2/c1-15(2)10-13(16(3,4)20-15)14(19)11-17(12-18)8-6-5-7-9-17/h13H,5-12,18H2,1-4H3. The summed E-state index contributed by atoms with van der Waals surface area (Å²) in [6.45, 7) is 8.93. The number of ketones is 1. The van der Waals surface area contributed by atoms with Gasteiger partial charge in [-0.15, -0.1) is 0 Å². The van der Waals surface area contributed by atoms with E-state index in [9.17, 15) is 4.79 Å². The maximum atomic E-state index is 12.8. The first kappa shape index (κ1) is 16.0. The first-order chi connectivity index (χ1) is 9.20. The van der Waals surface area contributed by atoms with Crippen molar-refractivity contribution in [3.63, 3.8) is 0 Å². The third-order valence-corrected chi connectivity index (χ3v) is 5.36. The Morgan fingerprint density at radius 1 is 1.15 bits per heavy atom. The third-order valence-electron chi connectivity index (χ3n) is 5.36. The van der Waals surface area contributed by atoms with E-state index in [0.717, 1.165) is 19.3 Å². The third kappa shape index (κ3) is 3.25. The topological polar surface area (TPSA) is 52.3 Å². The largest absolute Gasteiger partial charge is 0.369 e. The van der Waals surface area contributed by atoms with Crippen molar-refractivity contribution in [2.45, 2.75) is 83.8 Å². The summed E-state index contributed by atoms with van der Waals surface area (Å²) in [5.74, 6) is 0.385. The lowest BCUT2D eigenvalue weighted by Crippen LogP contribution is -2.40. The van der Waals surface area contributed by atoms with E-state index in [1.54, 1.807) is 0 Å². The lowest BCUT2D eigenvalue weighted by atomic mass is 9.68. The first-order valence-electron chi connectivity index (χ1n) is 8.13. The van der Waals surface area contributed by atoms with Crippen molar-refractivity contribution in [3.05, 3.63) is 0 Å². The summed E-state index contributed by atoms with van der Waals surface area (Å²) in [7, 11) is 0. The van der Waals surface area contributed by atoms with Crippen molar-refractivity contribution >= 4 is 5.78 Å². The van der Waals surface area contributed by atoms with Crippen LogP contribution in [0.25, 0.3) is 0 Å². The fourth-order valence-corrected chi connectivity index (χ4v) is 4.31. The van der Waals surface area contributed by atoms with Gasteiger partial charge in [0, 0.05) is 12.3 Å². The molecule has 3 nitrogen and oxygen atoms in total. The van der Waals surface area contributed by atoms with E-state index in [2.05, 4.69) is 27.7 Å². The molecule has 0 aromatic heterocycles. The second-order valence-electron chi connectivity index (χ2n) is 8.13. The number of ether oxygens (including phenoxy) is 1. The van der Waals surface area contributed by atoms with E-state index in [1.807, 2.05) is 0 Å². The van der Waals surface area contributed by atoms with Gasteiger partial charge in [-0.05, 0) is 58.9 Å². The Morgan fingerprint density at radius 3 is 2.20 bits per heavy atom. The van der Waals surface area contributed by atoms with Gasteiger partial charge in [-0.2, -0.15) is 0 Å². The van der Waals surface area contributed by atoms with Crippen LogP contribution in [-0.4, -0.2) is 23.5 Å². The van der Waals surface area contributed by atoms with Gasteiger partial charge in [-0.1, -0.05) is 19.3 Å².